The van der Waals surface area contributed by atoms with Gasteiger partial charge in [0, 0.05) is 23.7 Å². The highest BCUT2D eigenvalue weighted by Gasteiger charge is 2.22. The topological polar surface area (TPSA) is 99.8 Å². The molecule has 1 aliphatic rings. The van der Waals surface area contributed by atoms with Gasteiger partial charge >= 0.3 is 0 Å². The Morgan fingerprint density at radius 2 is 1.94 bits per heavy atom. The van der Waals surface area contributed by atoms with E-state index in [0.29, 0.717) is 34.5 Å². The van der Waals surface area contributed by atoms with Crippen molar-refractivity contribution in [3.63, 3.8) is 0 Å². The molecule has 0 spiro atoms. The van der Waals surface area contributed by atoms with Gasteiger partial charge in [-0.15, -0.1) is 5.10 Å². The fourth-order valence-electron chi connectivity index (χ4n) is 4.08. The van der Waals surface area contributed by atoms with Gasteiger partial charge in [-0.3, -0.25) is 9.59 Å². The van der Waals surface area contributed by atoms with Crippen LogP contribution in [-0.2, 0) is 11.3 Å². The maximum absolute atomic E-state index is 12.8. The van der Waals surface area contributed by atoms with Crippen LogP contribution in [0.1, 0.15) is 49.5 Å². The van der Waals surface area contributed by atoms with Crippen molar-refractivity contribution in [3.8, 4) is 11.5 Å². The third kappa shape index (κ3) is 4.26. The second kappa shape index (κ2) is 8.79. The molecule has 2 heterocycles. The van der Waals surface area contributed by atoms with E-state index >= 15 is 0 Å². The van der Waals surface area contributed by atoms with Gasteiger partial charge < -0.3 is 19.4 Å². The van der Waals surface area contributed by atoms with Gasteiger partial charge in [0.2, 0.25) is 11.7 Å². The molecule has 1 N–H and O–H groups in total. The summed E-state index contributed by atoms with van der Waals surface area (Å²) in [6, 6.07) is 6.65. The molecule has 0 unspecified atom stereocenters. The van der Waals surface area contributed by atoms with Crippen molar-refractivity contribution < 1.29 is 14.3 Å². The van der Waals surface area contributed by atoms with E-state index in [-0.39, 0.29) is 23.9 Å². The van der Waals surface area contributed by atoms with Crippen molar-refractivity contribution in [2.24, 2.45) is 0 Å². The van der Waals surface area contributed by atoms with E-state index < -0.39 is 0 Å². The number of ether oxygens (including phenoxy) is 2. The summed E-state index contributed by atoms with van der Waals surface area (Å²) in [7, 11) is 3.10. The molecule has 1 aliphatic carbocycles. The molecule has 9 nitrogen and oxygen atoms in total. The summed E-state index contributed by atoms with van der Waals surface area (Å²) in [6.07, 6.45) is 5.58. The van der Waals surface area contributed by atoms with Crippen LogP contribution in [0.2, 0.25) is 0 Å². The van der Waals surface area contributed by atoms with Crippen LogP contribution in [0.4, 0.5) is 5.69 Å². The number of hydrogen-bond donors (Lipinski definition) is 1. The zero-order valence-electron chi connectivity index (χ0n) is 18.1. The Morgan fingerprint density at radius 1 is 1.16 bits per heavy atom. The molecule has 9 heteroatoms. The number of methoxy groups -OCH3 is 2. The van der Waals surface area contributed by atoms with Crippen LogP contribution in [0.25, 0.3) is 5.78 Å². The molecule has 1 aromatic carbocycles. The minimum atomic E-state index is -0.265. The molecule has 164 valence electrons. The van der Waals surface area contributed by atoms with Gasteiger partial charge in [0.25, 0.3) is 5.56 Å². The molecule has 0 atom stereocenters. The van der Waals surface area contributed by atoms with Gasteiger partial charge in [-0.2, -0.15) is 9.50 Å². The minimum Gasteiger partial charge on any atom is -0.497 e. The Hall–Kier alpha value is -3.36. The third-order valence-electron chi connectivity index (χ3n) is 5.77. The summed E-state index contributed by atoms with van der Waals surface area (Å²) in [5, 5.41) is 7.34. The number of aryl methyl sites for hydroxylation is 1. The van der Waals surface area contributed by atoms with Crippen molar-refractivity contribution in [1.82, 2.24) is 19.2 Å². The average molecular weight is 425 g/mol. The summed E-state index contributed by atoms with van der Waals surface area (Å²) in [6.45, 7) is 1.78. The maximum atomic E-state index is 12.8. The first kappa shape index (κ1) is 20.9. The van der Waals surface area contributed by atoms with E-state index in [1.54, 1.807) is 36.8 Å². The van der Waals surface area contributed by atoms with Crippen LogP contribution in [-0.4, -0.2) is 39.3 Å². The molecule has 0 bridgehead atoms. The fraction of sp³-hybridized carbons (Fsp3) is 0.455. The molecule has 0 aliphatic heterocycles. The number of benzene rings is 1. The van der Waals surface area contributed by atoms with Gasteiger partial charge in [0.05, 0.1) is 19.9 Å². The van der Waals surface area contributed by atoms with Gasteiger partial charge in [-0.05, 0) is 31.9 Å². The quantitative estimate of drug-likeness (QED) is 0.652. The molecule has 3 aromatic rings. The summed E-state index contributed by atoms with van der Waals surface area (Å²) >= 11 is 0. The number of carbonyl (C=O) groups is 1. The Morgan fingerprint density at radius 3 is 2.65 bits per heavy atom. The van der Waals surface area contributed by atoms with Crippen LogP contribution >= 0.6 is 0 Å². The number of hydrogen-bond acceptors (Lipinski definition) is 6. The third-order valence-corrected chi connectivity index (χ3v) is 5.77. The van der Waals surface area contributed by atoms with Crippen molar-refractivity contribution >= 4 is 17.4 Å². The molecule has 31 heavy (non-hydrogen) atoms. The van der Waals surface area contributed by atoms with Crippen LogP contribution < -0.4 is 20.3 Å². The fourth-order valence-corrected chi connectivity index (χ4v) is 4.08. The van der Waals surface area contributed by atoms with Gasteiger partial charge in [0.1, 0.15) is 18.0 Å². The minimum absolute atomic E-state index is 0.00635. The second-order valence-corrected chi connectivity index (χ2v) is 7.84. The smallest absolute Gasteiger partial charge is 0.275 e. The summed E-state index contributed by atoms with van der Waals surface area (Å²) in [4.78, 5) is 30.0. The molecule has 1 amide bonds. The van der Waals surface area contributed by atoms with E-state index in [2.05, 4.69) is 15.4 Å². The SMILES string of the molecule is COc1ccc(NC(=O)Cn2c(C)cc(=O)n3nc(C4CCCCC4)nc23)c(OC)c1. The zero-order chi connectivity index (χ0) is 22.0. The molecular weight excluding hydrogens is 398 g/mol. The lowest BCUT2D eigenvalue weighted by atomic mass is 9.89. The standard InChI is InChI=1S/C22H27N5O4/c1-14-11-20(29)27-22(24-21(25-27)15-7-5-4-6-8-15)26(14)13-19(28)23-17-10-9-16(30-2)12-18(17)31-3/h9-12,15H,4-8,13H2,1-3H3,(H,23,28). The number of nitrogens with zero attached hydrogens (tertiary/aromatic N) is 4. The van der Waals surface area contributed by atoms with Crippen molar-refractivity contribution in [2.75, 3.05) is 19.5 Å². The molecule has 1 saturated carbocycles. The number of anilines is 1. The van der Waals surface area contributed by atoms with Crippen molar-refractivity contribution in [2.45, 2.75) is 51.5 Å². The molecule has 1 fully saturated rings. The predicted molar refractivity (Wildman–Crippen MR) is 116 cm³/mol. The lowest BCUT2D eigenvalue weighted by molar-refractivity contribution is -0.116. The average Bonchev–Trinajstić information content (AvgIpc) is 3.23. The number of carbonyl (C=O) groups excluding carboxylic acids is 1. The summed E-state index contributed by atoms with van der Waals surface area (Å²) in [5.74, 6) is 2.21. The zero-order valence-corrected chi connectivity index (χ0v) is 18.1. The van der Waals surface area contributed by atoms with Gasteiger partial charge in [0.15, 0.2) is 5.82 Å². The molecule has 4 rings (SSSR count). The van der Waals surface area contributed by atoms with Gasteiger partial charge in [-0.25, -0.2) is 0 Å². The Bertz CT molecular complexity index is 1160. The summed E-state index contributed by atoms with van der Waals surface area (Å²) in [5.41, 5.74) is 0.944. The van der Waals surface area contributed by atoms with Gasteiger partial charge in [-0.1, -0.05) is 19.3 Å². The first-order chi connectivity index (χ1) is 15.0. The normalized spacial score (nSPS) is 14.5. The highest BCUT2D eigenvalue weighted by Crippen LogP contribution is 2.31. The van der Waals surface area contributed by atoms with E-state index in [0.717, 1.165) is 25.7 Å². The number of nitrogens with one attached hydrogen (secondary N) is 1. The molecular formula is C22H27N5O4. The molecule has 0 saturated heterocycles. The van der Waals surface area contributed by atoms with Crippen LogP contribution in [0.15, 0.2) is 29.1 Å². The Kier molecular flexibility index (Phi) is 5.92. The second-order valence-electron chi connectivity index (χ2n) is 7.84. The van der Waals surface area contributed by atoms with Crippen molar-refractivity contribution in [3.05, 3.63) is 46.1 Å². The number of fused-ring (bicyclic) bond motifs is 1. The van der Waals surface area contributed by atoms with E-state index in [1.807, 2.05) is 0 Å². The highest BCUT2D eigenvalue weighted by molar-refractivity contribution is 5.92. The highest BCUT2D eigenvalue weighted by atomic mass is 16.5. The first-order valence-electron chi connectivity index (χ1n) is 10.5. The van der Waals surface area contributed by atoms with E-state index in [9.17, 15) is 9.59 Å². The largest absolute Gasteiger partial charge is 0.497 e. The first-order valence-corrected chi connectivity index (χ1v) is 10.5. The molecule has 0 radical (unpaired) electrons. The Balaban J connectivity index is 1.62. The van der Waals surface area contributed by atoms with Crippen molar-refractivity contribution in [1.29, 1.82) is 0 Å². The number of amides is 1. The monoisotopic (exact) mass is 425 g/mol. The summed E-state index contributed by atoms with van der Waals surface area (Å²) < 4.78 is 13.6. The predicted octanol–water partition coefficient (Wildman–Crippen LogP) is 2.90. The van der Waals surface area contributed by atoms with Crippen LogP contribution in [0.5, 0.6) is 11.5 Å². The van der Waals surface area contributed by atoms with Crippen LogP contribution in [0.3, 0.4) is 0 Å². The van der Waals surface area contributed by atoms with E-state index in [1.165, 1.54) is 24.1 Å². The Labute approximate surface area is 180 Å². The van der Waals surface area contributed by atoms with Crippen LogP contribution in [0, 0.1) is 6.92 Å². The maximum Gasteiger partial charge on any atom is 0.275 e. The lowest BCUT2D eigenvalue weighted by Gasteiger charge is -2.17. The molecule has 2 aromatic heterocycles. The number of aromatic nitrogens is 4. The van der Waals surface area contributed by atoms with E-state index in [4.69, 9.17) is 9.47 Å². The number of rotatable bonds is 6. The lowest BCUT2D eigenvalue weighted by Crippen LogP contribution is -2.25.